The number of carbonyl (C=O) groups is 4. The van der Waals surface area contributed by atoms with E-state index in [0.717, 1.165) is 13.4 Å². The van der Waals surface area contributed by atoms with E-state index in [0.29, 0.717) is 0 Å². The quantitative estimate of drug-likeness (QED) is 0.370. The Morgan fingerprint density at radius 3 is 2.43 bits per heavy atom. The fourth-order valence-electron chi connectivity index (χ4n) is 3.51. The number of benzene rings is 1. The highest BCUT2D eigenvalue weighted by atomic mass is 16.6. The van der Waals surface area contributed by atoms with E-state index in [2.05, 4.69) is 15.0 Å². The highest BCUT2D eigenvalue weighted by Crippen LogP contribution is 2.37. The maximum absolute atomic E-state index is 12.9. The van der Waals surface area contributed by atoms with Crippen molar-refractivity contribution >= 4 is 23.8 Å². The predicted octanol–water partition coefficient (Wildman–Crippen LogP) is 2.87. The number of Topliss-reactive ketones (excluding diaryl/α,β-unsaturated/α-hetero) is 1. The Balaban J connectivity index is 1.81. The molecule has 0 spiro atoms. The summed E-state index contributed by atoms with van der Waals surface area (Å²) in [6.45, 7) is 8.68. The van der Waals surface area contributed by atoms with Gasteiger partial charge in [0.25, 0.3) is 5.91 Å². The number of oxazole rings is 1. The van der Waals surface area contributed by atoms with Crippen LogP contribution in [0.1, 0.15) is 67.4 Å². The molecule has 2 atom stereocenters. The normalized spacial score (nSPS) is 18.0. The smallest absolute Gasteiger partial charge is 0.413 e. The predicted molar refractivity (Wildman–Crippen MR) is 121 cm³/mol. The van der Waals surface area contributed by atoms with Gasteiger partial charge < -0.3 is 23.9 Å². The summed E-state index contributed by atoms with van der Waals surface area (Å²) in [4.78, 5) is 56.3. The molecule has 11 heteroatoms. The first kappa shape index (κ1) is 25.9. The van der Waals surface area contributed by atoms with Crippen LogP contribution in [0.25, 0.3) is 0 Å². The highest BCUT2D eigenvalue weighted by molar-refractivity contribution is 6.14. The van der Waals surface area contributed by atoms with Crippen LogP contribution in [0.5, 0.6) is 0 Å². The average molecular weight is 488 g/mol. The molecule has 1 unspecified atom stereocenters. The third-order valence-electron chi connectivity index (χ3n) is 5.15. The number of methoxy groups -OCH3 is 1. The number of rotatable bonds is 6. The van der Waals surface area contributed by atoms with Crippen LogP contribution >= 0.6 is 0 Å². The molecule has 1 saturated heterocycles. The molecule has 2 heterocycles. The Bertz CT molecular complexity index is 1100. The van der Waals surface area contributed by atoms with Crippen molar-refractivity contribution in [2.24, 2.45) is 0 Å². The van der Waals surface area contributed by atoms with Crippen LogP contribution in [0, 0.1) is 0 Å². The first-order chi connectivity index (χ1) is 16.3. The van der Waals surface area contributed by atoms with E-state index in [1.165, 1.54) is 17.0 Å². The molecule has 1 aromatic heterocycles. The standard InChI is InChI=1S/C24H29N3O8/c1-23(2,3)35-22(31)27-16(13-34-24(27,4)5)20-25-15(12-33-20)19(29)26-17(21(30)32-6)18(28)14-10-8-7-9-11-14/h7-12,16-17H,13H2,1-6H3,(H,26,29)/t16-,17?/m0/s1. The maximum Gasteiger partial charge on any atom is 0.413 e. The molecule has 0 saturated carbocycles. The number of ketones is 1. The van der Waals surface area contributed by atoms with Gasteiger partial charge >= 0.3 is 12.1 Å². The largest absolute Gasteiger partial charge is 0.467 e. The minimum Gasteiger partial charge on any atom is -0.467 e. The van der Waals surface area contributed by atoms with Crippen LogP contribution in [0.2, 0.25) is 0 Å². The Hall–Kier alpha value is -3.73. The van der Waals surface area contributed by atoms with Gasteiger partial charge in [0.2, 0.25) is 5.89 Å². The van der Waals surface area contributed by atoms with Crippen molar-refractivity contribution in [2.75, 3.05) is 13.7 Å². The number of nitrogens with one attached hydrogen (secondary N) is 1. The summed E-state index contributed by atoms with van der Waals surface area (Å²) < 4.78 is 21.4. The van der Waals surface area contributed by atoms with Crippen molar-refractivity contribution in [3.05, 3.63) is 53.7 Å². The highest BCUT2D eigenvalue weighted by Gasteiger charge is 2.48. The van der Waals surface area contributed by atoms with E-state index >= 15 is 0 Å². The van der Waals surface area contributed by atoms with Gasteiger partial charge in [-0.15, -0.1) is 0 Å². The number of carbonyl (C=O) groups excluding carboxylic acids is 4. The lowest BCUT2D eigenvalue weighted by Crippen LogP contribution is -2.47. The Labute approximate surface area is 202 Å². The number of aromatic nitrogens is 1. The van der Waals surface area contributed by atoms with Crippen LogP contribution in [0.4, 0.5) is 4.79 Å². The summed E-state index contributed by atoms with van der Waals surface area (Å²) in [5.41, 5.74) is -1.72. The summed E-state index contributed by atoms with van der Waals surface area (Å²) >= 11 is 0. The Kier molecular flexibility index (Phi) is 7.30. The van der Waals surface area contributed by atoms with E-state index in [1.54, 1.807) is 52.8 Å². The van der Waals surface area contributed by atoms with Crippen molar-refractivity contribution in [3.63, 3.8) is 0 Å². The van der Waals surface area contributed by atoms with Gasteiger partial charge in [-0.3, -0.25) is 14.5 Å². The van der Waals surface area contributed by atoms with Crippen molar-refractivity contribution in [3.8, 4) is 0 Å². The minimum absolute atomic E-state index is 0.0376. The maximum atomic E-state index is 12.9. The van der Waals surface area contributed by atoms with Crippen LogP contribution in [-0.4, -0.2) is 64.7 Å². The molecule has 1 aliphatic rings. The van der Waals surface area contributed by atoms with Crippen molar-refractivity contribution in [2.45, 2.75) is 58.0 Å². The van der Waals surface area contributed by atoms with Crippen LogP contribution in [0.15, 0.2) is 41.0 Å². The van der Waals surface area contributed by atoms with Gasteiger partial charge in [0.1, 0.15) is 23.6 Å². The Morgan fingerprint density at radius 2 is 1.83 bits per heavy atom. The monoisotopic (exact) mass is 487 g/mol. The second kappa shape index (κ2) is 9.87. The average Bonchev–Trinajstić information content (AvgIpc) is 3.40. The third-order valence-corrected chi connectivity index (χ3v) is 5.15. The van der Waals surface area contributed by atoms with Gasteiger partial charge in [0, 0.05) is 5.56 Å². The molecular formula is C24H29N3O8. The lowest BCUT2D eigenvalue weighted by Gasteiger charge is -2.34. The summed E-state index contributed by atoms with van der Waals surface area (Å²) in [5.74, 6) is -2.37. The second-order valence-electron chi connectivity index (χ2n) is 9.35. The molecule has 1 fully saturated rings. The number of hydrogen-bond donors (Lipinski definition) is 1. The Morgan fingerprint density at radius 1 is 1.17 bits per heavy atom. The van der Waals surface area contributed by atoms with Crippen LogP contribution in [-0.2, 0) is 19.0 Å². The van der Waals surface area contributed by atoms with E-state index in [4.69, 9.17) is 13.9 Å². The zero-order chi connectivity index (χ0) is 26.0. The molecule has 0 aliphatic carbocycles. The van der Waals surface area contributed by atoms with Crippen molar-refractivity contribution in [1.82, 2.24) is 15.2 Å². The number of nitrogens with zero attached hydrogens (tertiary/aromatic N) is 2. The molecule has 0 radical (unpaired) electrons. The van der Waals surface area contributed by atoms with Gasteiger partial charge in [-0.25, -0.2) is 14.6 Å². The van der Waals surface area contributed by atoms with E-state index in [1.807, 2.05) is 0 Å². The fourth-order valence-corrected chi connectivity index (χ4v) is 3.51. The lowest BCUT2D eigenvalue weighted by molar-refractivity contribution is -0.141. The summed E-state index contributed by atoms with van der Waals surface area (Å²) in [5, 5.41) is 2.35. The lowest BCUT2D eigenvalue weighted by atomic mass is 10.0. The minimum atomic E-state index is -1.58. The zero-order valence-electron chi connectivity index (χ0n) is 20.5. The molecule has 188 valence electrons. The molecule has 11 nitrogen and oxygen atoms in total. The number of hydrogen-bond acceptors (Lipinski definition) is 9. The summed E-state index contributed by atoms with van der Waals surface area (Å²) in [6.07, 6.45) is 0.443. The van der Waals surface area contributed by atoms with E-state index in [9.17, 15) is 19.2 Å². The molecule has 2 amide bonds. The van der Waals surface area contributed by atoms with Crippen LogP contribution in [0.3, 0.4) is 0 Å². The molecule has 2 aromatic rings. The molecule has 1 aliphatic heterocycles. The number of esters is 1. The van der Waals surface area contributed by atoms with Gasteiger partial charge in [-0.1, -0.05) is 30.3 Å². The number of ether oxygens (including phenoxy) is 3. The van der Waals surface area contributed by atoms with Crippen molar-refractivity contribution in [1.29, 1.82) is 0 Å². The van der Waals surface area contributed by atoms with Gasteiger partial charge in [-0.2, -0.15) is 0 Å². The molecule has 3 rings (SSSR count). The topological polar surface area (TPSA) is 137 Å². The third kappa shape index (κ3) is 5.86. The first-order valence-corrected chi connectivity index (χ1v) is 10.9. The molecule has 35 heavy (non-hydrogen) atoms. The van der Waals surface area contributed by atoms with E-state index in [-0.39, 0.29) is 23.8 Å². The molecule has 1 aromatic carbocycles. The van der Waals surface area contributed by atoms with Gasteiger partial charge in [0.15, 0.2) is 17.5 Å². The SMILES string of the molecule is COC(=O)C(NC(=O)c1coc([C@@H]2COC(C)(C)N2C(=O)OC(C)(C)C)n1)C(=O)c1ccccc1. The van der Waals surface area contributed by atoms with Gasteiger partial charge in [0.05, 0.1) is 13.7 Å². The molecule has 0 bridgehead atoms. The van der Waals surface area contributed by atoms with Crippen LogP contribution < -0.4 is 5.32 Å². The summed E-state index contributed by atoms with van der Waals surface area (Å²) in [6, 6.07) is 5.68. The fraction of sp³-hybridized carbons (Fsp3) is 0.458. The second-order valence-corrected chi connectivity index (χ2v) is 9.35. The molecular weight excluding hydrogens is 458 g/mol. The number of amides is 2. The summed E-state index contributed by atoms with van der Waals surface area (Å²) in [7, 11) is 1.11. The van der Waals surface area contributed by atoms with Crippen molar-refractivity contribution < 1.29 is 37.8 Å². The van der Waals surface area contributed by atoms with E-state index < -0.39 is 47.2 Å². The zero-order valence-corrected chi connectivity index (χ0v) is 20.5. The van der Waals surface area contributed by atoms with Gasteiger partial charge in [-0.05, 0) is 34.6 Å². The first-order valence-electron chi connectivity index (χ1n) is 10.9. The molecule has 1 N–H and O–H groups in total.